The Hall–Kier alpha value is -2.52. The maximum atomic E-state index is 10.5. The summed E-state index contributed by atoms with van der Waals surface area (Å²) in [5, 5.41) is 12.6. The van der Waals surface area contributed by atoms with E-state index in [0.29, 0.717) is 11.9 Å². The van der Waals surface area contributed by atoms with E-state index in [0.717, 1.165) is 43.2 Å². The minimum atomic E-state index is 0.391. The number of nitrogens with zero attached hydrogens (tertiary/aromatic N) is 2. The molecular weight excluding hydrogens is 308 g/mol. The smallest absolute Gasteiger partial charge is 0.199 e. The number of piperidine rings is 1. The third kappa shape index (κ3) is 3.47. The van der Waals surface area contributed by atoms with Crippen LogP contribution in [0.3, 0.4) is 0 Å². The van der Waals surface area contributed by atoms with Gasteiger partial charge in [0.25, 0.3) is 0 Å². The number of rotatable bonds is 4. The van der Waals surface area contributed by atoms with E-state index in [2.05, 4.69) is 58.1 Å². The topological polar surface area (TPSA) is 28.4 Å². The van der Waals surface area contributed by atoms with E-state index >= 15 is 0 Å². The molecule has 0 bridgehead atoms. The van der Waals surface area contributed by atoms with Gasteiger partial charge in [-0.15, -0.1) is 0 Å². The van der Waals surface area contributed by atoms with Crippen LogP contribution in [0.4, 0.5) is 0 Å². The van der Waals surface area contributed by atoms with Crippen LogP contribution < -0.4 is 0 Å². The van der Waals surface area contributed by atoms with E-state index in [1.54, 1.807) is 0 Å². The number of hydrogen-bond donors (Lipinski definition) is 1. The molecule has 4 rings (SSSR count). The van der Waals surface area contributed by atoms with Crippen LogP contribution in [-0.2, 0) is 0 Å². The van der Waals surface area contributed by atoms with Crippen molar-refractivity contribution in [3.8, 4) is 5.88 Å². The van der Waals surface area contributed by atoms with Crippen LogP contribution in [0.1, 0.15) is 24.4 Å². The van der Waals surface area contributed by atoms with Gasteiger partial charge in [-0.25, -0.2) is 0 Å². The molecule has 0 saturated carbocycles. The Morgan fingerprint density at radius 2 is 1.68 bits per heavy atom. The first-order valence-corrected chi connectivity index (χ1v) is 9.04. The summed E-state index contributed by atoms with van der Waals surface area (Å²) in [6, 6.07) is 18.9. The quantitative estimate of drug-likeness (QED) is 0.750. The third-order valence-corrected chi connectivity index (χ3v) is 5.15. The van der Waals surface area contributed by atoms with Crippen molar-refractivity contribution in [2.45, 2.75) is 18.9 Å². The van der Waals surface area contributed by atoms with E-state index in [9.17, 15) is 5.11 Å². The van der Waals surface area contributed by atoms with Gasteiger partial charge in [0.15, 0.2) is 5.88 Å². The fourth-order valence-corrected chi connectivity index (χ4v) is 3.72. The molecule has 0 atom stereocenters. The first-order valence-electron chi connectivity index (χ1n) is 9.04. The maximum Gasteiger partial charge on any atom is 0.199 e. The molecule has 3 aromatic rings. The van der Waals surface area contributed by atoms with Crippen molar-refractivity contribution >= 4 is 16.8 Å². The fraction of sp³-hybridized carbons (Fsp3) is 0.273. The highest BCUT2D eigenvalue weighted by molar-refractivity contribution is 5.87. The maximum absolute atomic E-state index is 10.5. The minimum Gasteiger partial charge on any atom is -0.494 e. The van der Waals surface area contributed by atoms with Gasteiger partial charge in [-0.2, -0.15) is 0 Å². The van der Waals surface area contributed by atoms with Crippen molar-refractivity contribution in [1.82, 2.24) is 9.47 Å². The first-order chi connectivity index (χ1) is 12.3. The van der Waals surface area contributed by atoms with Gasteiger partial charge in [0.1, 0.15) is 0 Å². The second kappa shape index (κ2) is 7.16. The van der Waals surface area contributed by atoms with E-state index in [4.69, 9.17) is 0 Å². The zero-order valence-corrected chi connectivity index (χ0v) is 14.4. The fourth-order valence-electron chi connectivity index (χ4n) is 3.72. The van der Waals surface area contributed by atoms with Crippen molar-refractivity contribution in [2.24, 2.45) is 0 Å². The molecule has 2 aromatic carbocycles. The van der Waals surface area contributed by atoms with Gasteiger partial charge in [0, 0.05) is 42.6 Å². The molecule has 1 aliphatic rings. The summed E-state index contributed by atoms with van der Waals surface area (Å²) < 4.78 is 2.07. The van der Waals surface area contributed by atoms with Gasteiger partial charge in [-0.05, 0) is 24.5 Å². The standard InChI is InChI=1S/C22H24N2O/c25-22-21-11-5-4-10-19(21)17-24(22)20-12-15-23(16-13-20)14-6-9-18-7-2-1-3-8-18/h1-11,17,20,25H,12-16H2. The summed E-state index contributed by atoms with van der Waals surface area (Å²) in [7, 11) is 0. The summed E-state index contributed by atoms with van der Waals surface area (Å²) in [4.78, 5) is 2.48. The number of likely N-dealkylation sites (tertiary alicyclic amines) is 1. The summed E-state index contributed by atoms with van der Waals surface area (Å²) >= 11 is 0. The summed E-state index contributed by atoms with van der Waals surface area (Å²) in [6.45, 7) is 3.12. The highest BCUT2D eigenvalue weighted by atomic mass is 16.3. The summed E-state index contributed by atoms with van der Waals surface area (Å²) in [5.41, 5.74) is 1.25. The second-order valence-corrected chi connectivity index (χ2v) is 6.79. The molecule has 128 valence electrons. The lowest BCUT2D eigenvalue weighted by Crippen LogP contribution is -2.34. The largest absolute Gasteiger partial charge is 0.494 e. The summed E-state index contributed by atoms with van der Waals surface area (Å²) in [6.07, 6.45) is 8.69. The molecule has 1 saturated heterocycles. The zero-order valence-electron chi connectivity index (χ0n) is 14.4. The van der Waals surface area contributed by atoms with E-state index in [-0.39, 0.29) is 0 Å². The number of hydrogen-bond acceptors (Lipinski definition) is 2. The Balaban J connectivity index is 1.36. The van der Waals surface area contributed by atoms with Gasteiger partial charge in [-0.1, -0.05) is 60.7 Å². The van der Waals surface area contributed by atoms with Gasteiger partial charge in [-0.3, -0.25) is 4.90 Å². The van der Waals surface area contributed by atoms with Crippen molar-refractivity contribution in [3.63, 3.8) is 0 Å². The molecule has 2 heterocycles. The normalized spacial score (nSPS) is 16.8. The second-order valence-electron chi connectivity index (χ2n) is 6.79. The lowest BCUT2D eigenvalue weighted by Gasteiger charge is -2.32. The molecule has 3 heteroatoms. The Morgan fingerprint density at radius 1 is 0.960 bits per heavy atom. The van der Waals surface area contributed by atoms with Crippen LogP contribution in [0.15, 0.2) is 66.9 Å². The van der Waals surface area contributed by atoms with Crippen molar-refractivity contribution in [1.29, 1.82) is 0 Å². The predicted octanol–water partition coefficient (Wildman–Crippen LogP) is 4.70. The Morgan fingerprint density at radius 3 is 2.44 bits per heavy atom. The number of aromatic hydroxyl groups is 1. The average Bonchev–Trinajstić information content (AvgIpc) is 3.00. The molecule has 3 nitrogen and oxygen atoms in total. The molecule has 1 fully saturated rings. The van der Waals surface area contributed by atoms with Crippen LogP contribution in [0.5, 0.6) is 5.88 Å². The number of fused-ring (bicyclic) bond motifs is 1. The highest BCUT2D eigenvalue weighted by Gasteiger charge is 2.22. The van der Waals surface area contributed by atoms with Gasteiger partial charge < -0.3 is 9.67 Å². The molecule has 1 N–H and O–H groups in total. The molecule has 1 aliphatic heterocycles. The molecular formula is C22H24N2O. The zero-order chi connectivity index (χ0) is 17.1. The molecule has 25 heavy (non-hydrogen) atoms. The van der Waals surface area contributed by atoms with Crippen LogP contribution in [0.2, 0.25) is 0 Å². The van der Waals surface area contributed by atoms with Gasteiger partial charge in [0.05, 0.1) is 0 Å². The van der Waals surface area contributed by atoms with Gasteiger partial charge >= 0.3 is 0 Å². The van der Waals surface area contributed by atoms with E-state index < -0.39 is 0 Å². The Kier molecular flexibility index (Phi) is 4.57. The Bertz CT molecular complexity index is 858. The van der Waals surface area contributed by atoms with Crippen LogP contribution >= 0.6 is 0 Å². The molecule has 0 radical (unpaired) electrons. The van der Waals surface area contributed by atoms with Crippen molar-refractivity contribution < 1.29 is 5.11 Å². The van der Waals surface area contributed by atoms with E-state index in [1.165, 1.54) is 5.56 Å². The summed E-state index contributed by atoms with van der Waals surface area (Å²) in [5.74, 6) is 0.415. The van der Waals surface area contributed by atoms with E-state index in [1.807, 2.05) is 24.3 Å². The average molecular weight is 332 g/mol. The number of aromatic nitrogens is 1. The molecule has 1 aromatic heterocycles. The molecule has 0 amide bonds. The van der Waals surface area contributed by atoms with Gasteiger partial charge in [0.2, 0.25) is 0 Å². The monoisotopic (exact) mass is 332 g/mol. The van der Waals surface area contributed by atoms with Crippen LogP contribution in [0, 0.1) is 0 Å². The predicted molar refractivity (Wildman–Crippen MR) is 104 cm³/mol. The lowest BCUT2D eigenvalue weighted by atomic mass is 10.0. The highest BCUT2D eigenvalue weighted by Crippen LogP contribution is 2.33. The Labute approximate surface area is 148 Å². The lowest BCUT2D eigenvalue weighted by molar-refractivity contribution is 0.196. The molecule has 0 aliphatic carbocycles. The van der Waals surface area contributed by atoms with Crippen molar-refractivity contribution in [2.75, 3.05) is 19.6 Å². The first kappa shape index (κ1) is 16.0. The number of benzene rings is 2. The van der Waals surface area contributed by atoms with Crippen molar-refractivity contribution in [3.05, 3.63) is 72.4 Å². The SMILES string of the molecule is Oc1c2ccccc2cn1C1CCN(CC=Cc2ccccc2)CC1. The van der Waals surface area contributed by atoms with Crippen LogP contribution in [-0.4, -0.2) is 34.2 Å². The molecule has 0 spiro atoms. The molecule has 0 unspecified atom stereocenters. The minimum absolute atomic E-state index is 0.391. The van der Waals surface area contributed by atoms with Crippen LogP contribution in [0.25, 0.3) is 16.8 Å². The third-order valence-electron chi connectivity index (χ3n) is 5.15.